The fourth-order valence-corrected chi connectivity index (χ4v) is 2.28. The Kier molecular flexibility index (Phi) is 7.17. The monoisotopic (exact) mass is 326 g/mol. The topological polar surface area (TPSA) is 64.3 Å². The number of amides is 1. The van der Waals surface area contributed by atoms with Crippen LogP contribution in [-0.2, 0) is 0 Å². The SMILES string of the molecule is CCC(CC)(CN)NC(=O)c1ccc(OCC2CC2)cc1.Cl. The molecule has 0 radical (unpaired) electrons. The Balaban J connectivity index is 0.00000242. The number of carbonyl (C=O) groups excluding carboxylic acids is 1. The average Bonchev–Trinajstić information content (AvgIpc) is 3.35. The van der Waals surface area contributed by atoms with Crippen LogP contribution in [0.5, 0.6) is 5.75 Å². The average molecular weight is 327 g/mol. The Labute approximate surface area is 139 Å². The van der Waals surface area contributed by atoms with Crippen molar-refractivity contribution in [1.29, 1.82) is 0 Å². The van der Waals surface area contributed by atoms with Crippen LogP contribution in [0.4, 0.5) is 0 Å². The number of benzene rings is 1. The van der Waals surface area contributed by atoms with E-state index in [2.05, 4.69) is 5.32 Å². The highest BCUT2D eigenvalue weighted by Gasteiger charge is 2.26. The van der Waals surface area contributed by atoms with Crippen molar-refractivity contribution in [3.8, 4) is 5.75 Å². The number of nitrogens with two attached hydrogens (primary N) is 1. The summed E-state index contributed by atoms with van der Waals surface area (Å²) in [4.78, 5) is 12.3. The molecule has 0 aromatic heterocycles. The van der Waals surface area contributed by atoms with Crippen molar-refractivity contribution in [3.05, 3.63) is 29.8 Å². The van der Waals surface area contributed by atoms with Crippen molar-refractivity contribution in [2.45, 2.75) is 45.1 Å². The Morgan fingerprint density at radius 1 is 1.27 bits per heavy atom. The molecule has 1 aromatic rings. The van der Waals surface area contributed by atoms with E-state index >= 15 is 0 Å². The zero-order valence-corrected chi connectivity index (χ0v) is 14.2. The predicted octanol–water partition coefficient (Wildman–Crippen LogP) is 3.14. The molecular weight excluding hydrogens is 300 g/mol. The summed E-state index contributed by atoms with van der Waals surface area (Å²) in [6, 6.07) is 7.34. The summed E-state index contributed by atoms with van der Waals surface area (Å²) in [7, 11) is 0. The van der Waals surface area contributed by atoms with Crippen LogP contribution < -0.4 is 15.8 Å². The number of rotatable bonds is 8. The second kappa shape index (κ2) is 8.39. The van der Waals surface area contributed by atoms with Gasteiger partial charge in [-0.3, -0.25) is 4.79 Å². The Bertz CT molecular complexity index is 460. The van der Waals surface area contributed by atoms with E-state index < -0.39 is 0 Å². The lowest BCUT2D eigenvalue weighted by atomic mass is 9.92. The lowest BCUT2D eigenvalue weighted by Crippen LogP contribution is -2.52. The summed E-state index contributed by atoms with van der Waals surface area (Å²) < 4.78 is 5.68. The lowest BCUT2D eigenvalue weighted by Gasteiger charge is -2.31. The molecule has 0 unspecified atom stereocenters. The number of ether oxygens (including phenoxy) is 1. The molecule has 0 aliphatic heterocycles. The molecule has 22 heavy (non-hydrogen) atoms. The van der Waals surface area contributed by atoms with E-state index in [4.69, 9.17) is 10.5 Å². The minimum Gasteiger partial charge on any atom is -0.493 e. The Morgan fingerprint density at radius 2 is 1.86 bits per heavy atom. The van der Waals surface area contributed by atoms with E-state index in [9.17, 15) is 4.79 Å². The van der Waals surface area contributed by atoms with Crippen molar-refractivity contribution in [3.63, 3.8) is 0 Å². The van der Waals surface area contributed by atoms with Crippen LogP contribution in [0, 0.1) is 5.92 Å². The first kappa shape index (κ1) is 18.8. The van der Waals surface area contributed by atoms with Crippen LogP contribution >= 0.6 is 12.4 Å². The van der Waals surface area contributed by atoms with Crippen molar-refractivity contribution < 1.29 is 9.53 Å². The molecule has 2 rings (SSSR count). The molecule has 0 atom stereocenters. The van der Waals surface area contributed by atoms with Gasteiger partial charge in [0.15, 0.2) is 0 Å². The number of carbonyl (C=O) groups is 1. The second-order valence-corrected chi connectivity index (χ2v) is 5.92. The summed E-state index contributed by atoms with van der Waals surface area (Å²) in [6.45, 7) is 5.33. The fourth-order valence-electron chi connectivity index (χ4n) is 2.28. The number of hydrogen-bond acceptors (Lipinski definition) is 3. The van der Waals surface area contributed by atoms with Crippen molar-refractivity contribution in [2.24, 2.45) is 11.7 Å². The molecule has 1 aliphatic carbocycles. The van der Waals surface area contributed by atoms with Crippen molar-refractivity contribution >= 4 is 18.3 Å². The van der Waals surface area contributed by atoms with Crippen molar-refractivity contribution in [2.75, 3.05) is 13.2 Å². The molecule has 1 fully saturated rings. The molecule has 1 aliphatic rings. The molecule has 5 heteroatoms. The lowest BCUT2D eigenvalue weighted by molar-refractivity contribution is 0.0895. The molecule has 3 N–H and O–H groups in total. The smallest absolute Gasteiger partial charge is 0.251 e. The van der Waals surface area contributed by atoms with Crippen LogP contribution in [-0.4, -0.2) is 24.6 Å². The van der Waals surface area contributed by atoms with Gasteiger partial charge in [-0.1, -0.05) is 13.8 Å². The van der Waals surface area contributed by atoms with Gasteiger partial charge < -0.3 is 15.8 Å². The maximum absolute atomic E-state index is 12.3. The predicted molar refractivity (Wildman–Crippen MR) is 91.7 cm³/mol. The molecule has 0 bridgehead atoms. The zero-order chi connectivity index (χ0) is 15.3. The van der Waals surface area contributed by atoms with Crippen LogP contribution in [0.3, 0.4) is 0 Å². The third kappa shape index (κ3) is 4.89. The van der Waals surface area contributed by atoms with Crippen molar-refractivity contribution in [1.82, 2.24) is 5.32 Å². The first-order chi connectivity index (χ1) is 10.1. The van der Waals surface area contributed by atoms with Gasteiger partial charge in [-0.2, -0.15) is 0 Å². The second-order valence-electron chi connectivity index (χ2n) is 5.92. The number of hydrogen-bond donors (Lipinski definition) is 2. The van der Waals surface area contributed by atoms with Gasteiger partial charge in [-0.15, -0.1) is 12.4 Å². The zero-order valence-electron chi connectivity index (χ0n) is 13.4. The van der Waals surface area contributed by atoms with Crippen LogP contribution in [0.25, 0.3) is 0 Å². The maximum Gasteiger partial charge on any atom is 0.251 e. The Morgan fingerprint density at radius 3 is 2.32 bits per heavy atom. The van der Waals surface area contributed by atoms with Gasteiger partial charge in [0.1, 0.15) is 5.75 Å². The maximum atomic E-state index is 12.3. The van der Waals surface area contributed by atoms with Gasteiger partial charge in [-0.25, -0.2) is 0 Å². The van der Waals surface area contributed by atoms with E-state index in [1.54, 1.807) is 0 Å². The minimum absolute atomic E-state index is 0. The molecule has 0 spiro atoms. The summed E-state index contributed by atoms with van der Waals surface area (Å²) in [5.74, 6) is 1.49. The highest BCUT2D eigenvalue weighted by atomic mass is 35.5. The normalized spacial score (nSPS) is 14.1. The third-order valence-corrected chi connectivity index (χ3v) is 4.42. The van der Waals surface area contributed by atoms with E-state index in [0.29, 0.717) is 12.1 Å². The van der Waals surface area contributed by atoms with E-state index in [-0.39, 0.29) is 23.9 Å². The minimum atomic E-state index is -0.307. The molecule has 1 aromatic carbocycles. The van der Waals surface area contributed by atoms with Crippen LogP contribution in [0.15, 0.2) is 24.3 Å². The van der Waals surface area contributed by atoms with Crippen LogP contribution in [0.1, 0.15) is 49.9 Å². The van der Waals surface area contributed by atoms with Gasteiger partial charge in [0.05, 0.1) is 12.1 Å². The largest absolute Gasteiger partial charge is 0.493 e. The summed E-state index contributed by atoms with van der Waals surface area (Å²) in [5.41, 5.74) is 6.16. The number of nitrogens with one attached hydrogen (secondary N) is 1. The molecule has 124 valence electrons. The highest BCUT2D eigenvalue weighted by Crippen LogP contribution is 2.29. The summed E-state index contributed by atoms with van der Waals surface area (Å²) in [6.07, 6.45) is 4.20. The van der Waals surface area contributed by atoms with E-state index in [1.807, 2.05) is 38.1 Å². The van der Waals surface area contributed by atoms with Crippen LogP contribution in [0.2, 0.25) is 0 Å². The number of halogens is 1. The van der Waals surface area contributed by atoms with Gasteiger partial charge in [0.2, 0.25) is 0 Å². The van der Waals surface area contributed by atoms with E-state index in [0.717, 1.165) is 31.1 Å². The third-order valence-electron chi connectivity index (χ3n) is 4.42. The molecule has 4 nitrogen and oxygen atoms in total. The van der Waals surface area contributed by atoms with E-state index in [1.165, 1.54) is 12.8 Å². The quantitative estimate of drug-likeness (QED) is 0.771. The Hall–Kier alpha value is -1.26. The van der Waals surface area contributed by atoms with Gasteiger partial charge in [0, 0.05) is 12.1 Å². The molecule has 1 amide bonds. The van der Waals surface area contributed by atoms with Gasteiger partial charge >= 0.3 is 0 Å². The first-order valence-corrected chi connectivity index (χ1v) is 7.88. The van der Waals surface area contributed by atoms with Gasteiger partial charge in [-0.05, 0) is 55.9 Å². The molecular formula is C17H27ClN2O2. The van der Waals surface area contributed by atoms with Gasteiger partial charge in [0.25, 0.3) is 5.91 Å². The first-order valence-electron chi connectivity index (χ1n) is 7.88. The standard InChI is InChI=1S/C17H26N2O2.ClH/c1-3-17(4-2,12-18)19-16(20)14-7-9-15(10-8-14)21-11-13-5-6-13;/h7-10,13H,3-6,11-12,18H2,1-2H3,(H,19,20);1H. The summed E-state index contributed by atoms with van der Waals surface area (Å²) >= 11 is 0. The molecule has 1 saturated carbocycles. The highest BCUT2D eigenvalue weighted by molar-refractivity contribution is 5.94. The molecule has 0 heterocycles. The summed E-state index contributed by atoms with van der Waals surface area (Å²) in [5, 5.41) is 3.07. The fraction of sp³-hybridized carbons (Fsp3) is 0.588. The molecule has 0 saturated heterocycles.